The van der Waals surface area contributed by atoms with Gasteiger partial charge in [-0.3, -0.25) is 4.79 Å². The van der Waals surface area contributed by atoms with E-state index in [1.807, 2.05) is 0 Å². The molecular formula is C12H17NO2. The van der Waals surface area contributed by atoms with Crippen LogP contribution in [0.1, 0.15) is 32.1 Å². The maximum Gasteiger partial charge on any atom is 0.252 e. The van der Waals surface area contributed by atoms with Crippen molar-refractivity contribution >= 4 is 5.91 Å². The fraction of sp³-hybridized carbons (Fsp3) is 0.583. The SMILES string of the molecule is COC1=CC(=O)NC1=CC1CCCCC1. The maximum absolute atomic E-state index is 11.2. The van der Waals surface area contributed by atoms with E-state index in [9.17, 15) is 4.79 Å². The minimum absolute atomic E-state index is 0.0751. The van der Waals surface area contributed by atoms with Gasteiger partial charge in [-0.25, -0.2) is 0 Å². The number of allylic oxidation sites excluding steroid dienone is 1. The Morgan fingerprint density at radius 2 is 2.13 bits per heavy atom. The second kappa shape index (κ2) is 4.51. The van der Waals surface area contributed by atoms with Crippen molar-refractivity contribution in [2.75, 3.05) is 7.11 Å². The van der Waals surface area contributed by atoms with E-state index in [1.54, 1.807) is 7.11 Å². The van der Waals surface area contributed by atoms with Gasteiger partial charge in [0.15, 0.2) is 0 Å². The normalized spacial score (nSPS) is 25.3. The van der Waals surface area contributed by atoms with E-state index in [0.717, 1.165) is 5.70 Å². The molecule has 2 rings (SSSR count). The van der Waals surface area contributed by atoms with Gasteiger partial charge in [0.2, 0.25) is 0 Å². The lowest BCUT2D eigenvalue weighted by Crippen LogP contribution is -2.16. The number of hydrogen-bond acceptors (Lipinski definition) is 2. The number of hydrogen-bond donors (Lipinski definition) is 1. The Morgan fingerprint density at radius 3 is 2.80 bits per heavy atom. The number of carbonyl (C=O) groups excluding carboxylic acids is 1. The third-order valence-electron chi connectivity index (χ3n) is 3.06. The number of nitrogens with one attached hydrogen (secondary N) is 1. The molecule has 1 N–H and O–H groups in total. The van der Waals surface area contributed by atoms with Crippen LogP contribution in [0.5, 0.6) is 0 Å². The van der Waals surface area contributed by atoms with Crippen molar-refractivity contribution in [3.8, 4) is 0 Å². The van der Waals surface area contributed by atoms with Gasteiger partial charge in [-0.05, 0) is 18.8 Å². The molecule has 2 aliphatic rings. The molecule has 15 heavy (non-hydrogen) atoms. The predicted octanol–water partition coefficient (Wildman–Crippen LogP) is 2.11. The third-order valence-corrected chi connectivity index (χ3v) is 3.06. The van der Waals surface area contributed by atoms with E-state index in [0.29, 0.717) is 11.7 Å². The van der Waals surface area contributed by atoms with Crippen LogP contribution in [0.4, 0.5) is 0 Å². The minimum atomic E-state index is -0.0751. The Labute approximate surface area is 90.2 Å². The van der Waals surface area contributed by atoms with Gasteiger partial charge >= 0.3 is 0 Å². The quantitative estimate of drug-likeness (QED) is 0.753. The van der Waals surface area contributed by atoms with Crippen LogP contribution in [-0.4, -0.2) is 13.0 Å². The maximum atomic E-state index is 11.2. The molecule has 1 aliphatic carbocycles. The van der Waals surface area contributed by atoms with Gasteiger partial charge in [0, 0.05) is 6.08 Å². The highest BCUT2D eigenvalue weighted by Crippen LogP contribution is 2.27. The average molecular weight is 207 g/mol. The molecule has 1 saturated carbocycles. The van der Waals surface area contributed by atoms with Crippen molar-refractivity contribution < 1.29 is 9.53 Å². The van der Waals surface area contributed by atoms with Crippen molar-refractivity contribution in [1.82, 2.24) is 5.32 Å². The van der Waals surface area contributed by atoms with E-state index >= 15 is 0 Å². The summed E-state index contributed by atoms with van der Waals surface area (Å²) in [5.41, 5.74) is 0.856. The first-order valence-electron chi connectivity index (χ1n) is 5.58. The van der Waals surface area contributed by atoms with Crippen LogP contribution in [0.2, 0.25) is 0 Å². The summed E-state index contributed by atoms with van der Waals surface area (Å²) in [6.45, 7) is 0. The molecule has 0 aromatic heterocycles. The van der Waals surface area contributed by atoms with Crippen molar-refractivity contribution in [1.29, 1.82) is 0 Å². The molecule has 1 aliphatic heterocycles. The lowest BCUT2D eigenvalue weighted by atomic mass is 9.88. The second-order valence-corrected chi connectivity index (χ2v) is 4.18. The molecule has 0 aromatic carbocycles. The summed E-state index contributed by atoms with van der Waals surface area (Å²) in [5, 5.41) is 2.81. The lowest BCUT2D eigenvalue weighted by Gasteiger charge is -2.19. The summed E-state index contributed by atoms with van der Waals surface area (Å²) >= 11 is 0. The smallest absolute Gasteiger partial charge is 0.252 e. The van der Waals surface area contributed by atoms with Gasteiger partial charge in [0.05, 0.1) is 12.8 Å². The zero-order valence-corrected chi connectivity index (χ0v) is 9.08. The molecule has 0 atom stereocenters. The Bertz CT molecular complexity index is 312. The van der Waals surface area contributed by atoms with Crippen molar-refractivity contribution in [3.05, 3.63) is 23.6 Å². The Kier molecular flexibility index (Phi) is 3.09. The molecule has 1 fully saturated rings. The molecular weight excluding hydrogens is 190 g/mol. The van der Waals surface area contributed by atoms with Crippen LogP contribution >= 0.6 is 0 Å². The average Bonchev–Trinajstić information content (AvgIpc) is 2.60. The van der Waals surface area contributed by atoms with E-state index in [4.69, 9.17) is 4.74 Å². The molecule has 0 aromatic rings. The van der Waals surface area contributed by atoms with Crippen molar-refractivity contribution in [2.24, 2.45) is 5.92 Å². The molecule has 1 heterocycles. The van der Waals surface area contributed by atoms with Gasteiger partial charge < -0.3 is 10.1 Å². The van der Waals surface area contributed by atoms with E-state index in [2.05, 4.69) is 11.4 Å². The van der Waals surface area contributed by atoms with E-state index in [1.165, 1.54) is 38.2 Å². The number of methoxy groups -OCH3 is 1. The summed E-state index contributed by atoms with van der Waals surface area (Å²) < 4.78 is 5.15. The lowest BCUT2D eigenvalue weighted by molar-refractivity contribution is -0.115. The minimum Gasteiger partial charge on any atom is -0.494 e. The first-order valence-corrected chi connectivity index (χ1v) is 5.58. The highest BCUT2D eigenvalue weighted by Gasteiger charge is 2.20. The Hall–Kier alpha value is -1.25. The fourth-order valence-corrected chi connectivity index (χ4v) is 2.26. The predicted molar refractivity (Wildman–Crippen MR) is 57.9 cm³/mol. The molecule has 3 heteroatoms. The molecule has 0 radical (unpaired) electrons. The molecule has 82 valence electrons. The zero-order chi connectivity index (χ0) is 10.7. The Morgan fingerprint density at radius 1 is 1.40 bits per heavy atom. The van der Waals surface area contributed by atoms with Crippen molar-refractivity contribution in [3.63, 3.8) is 0 Å². The van der Waals surface area contributed by atoms with E-state index < -0.39 is 0 Å². The molecule has 0 saturated heterocycles. The monoisotopic (exact) mass is 207 g/mol. The fourth-order valence-electron chi connectivity index (χ4n) is 2.26. The summed E-state index contributed by atoms with van der Waals surface area (Å²) in [6, 6.07) is 0. The zero-order valence-electron chi connectivity index (χ0n) is 9.08. The second-order valence-electron chi connectivity index (χ2n) is 4.18. The summed E-state index contributed by atoms with van der Waals surface area (Å²) in [7, 11) is 1.60. The van der Waals surface area contributed by atoms with E-state index in [-0.39, 0.29) is 5.91 Å². The van der Waals surface area contributed by atoms with Crippen LogP contribution in [0.15, 0.2) is 23.6 Å². The molecule has 3 nitrogen and oxygen atoms in total. The molecule has 0 bridgehead atoms. The van der Waals surface area contributed by atoms with Gasteiger partial charge in [-0.15, -0.1) is 0 Å². The van der Waals surface area contributed by atoms with Crippen LogP contribution in [0, 0.1) is 5.92 Å². The molecule has 0 unspecified atom stereocenters. The Balaban J connectivity index is 2.06. The number of rotatable bonds is 2. The summed E-state index contributed by atoms with van der Waals surface area (Å²) in [4.78, 5) is 11.2. The third kappa shape index (κ3) is 2.41. The van der Waals surface area contributed by atoms with Crippen LogP contribution in [0.3, 0.4) is 0 Å². The molecule has 0 spiro atoms. The van der Waals surface area contributed by atoms with Gasteiger partial charge in [-0.2, -0.15) is 0 Å². The van der Waals surface area contributed by atoms with Gasteiger partial charge in [0.1, 0.15) is 5.76 Å². The summed E-state index contributed by atoms with van der Waals surface area (Å²) in [5.74, 6) is 1.20. The first kappa shape index (κ1) is 10.3. The van der Waals surface area contributed by atoms with Crippen LogP contribution in [0.25, 0.3) is 0 Å². The number of ether oxygens (including phenoxy) is 1. The van der Waals surface area contributed by atoms with Crippen molar-refractivity contribution in [2.45, 2.75) is 32.1 Å². The molecule has 1 amide bonds. The van der Waals surface area contributed by atoms with Crippen LogP contribution in [-0.2, 0) is 9.53 Å². The van der Waals surface area contributed by atoms with Crippen LogP contribution < -0.4 is 5.32 Å². The van der Waals surface area contributed by atoms with Gasteiger partial charge in [0.25, 0.3) is 5.91 Å². The summed E-state index contributed by atoms with van der Waals surface area (Å²) in [6.07, 6.45) is 10.1. The highest BCUT2D eigenvalue weighted by atomic mass is 16.5. The number of carbonyl (C=O) groups is 1. The highest BCUT2D eigenvalue weighted by molar-refractivity contribution is 5.94. The topological polar surface area (TPSA) is 38.3 Å². The first-order chi connectivity index (χ1) is 7.29. The number of amides is 1. The van der Waals surface area contributed by atoms with Gasteiger partial charge in [-0.1, -0.05) is 25.3 Å². The standard InChI is InChI=1S/C12H17NO2/c1-15-11-8-12(14)13-10(11)7-9-5-3-2-4-6-9/h7-9H,2-6H2,1H3,(H,13,14). The largest absolute Gasteiger partial charge is 0.494 e.